The quantitative estimate of drug-likeness (QED) is 0.610. The van der Waals surface area contributed by atoms with Crippen molar-refractivity contribution in [2.45, 2.75) is 45.2 Å². The lowest BCUT2D eigenvalue weighted by molar-refractivity contribution is -0.143. The van der Waals surface area contributed by atoms with Gasteiger partial charge < -0.3 is 14.2 Å². The van der Waals surface area contributed by atoms with Gasteiger partial charge in [0.2, 0.25) is 11.8 Å². The van der Waals surface area contributed by atoms with E-state index < -0.39 is 0 Å². The van der Waals surface area contributed by atoms with E-state index in [4.69, 9.17) is 4.42 Å². The Bertz CT molecular complexity index is 1010. The Morgan fingerprint density at radius 2 is 2.07 bits per heavy atom. The predicted octanol–water partition coefficient (Wildman–Crippen LogP) is 4.25. The number of hydrogen-bond acceptors (Lipinski definition) is 4. The molecule has 2 amide bonds. The van der Waals surface area contributed by atoms with Gasteiger partial charge in [0.15, 0.2) is 0 Å². The second kappa shape index (κ2) is 8.41. The molecule has 1 atom stereocenters. The third-order valence-electron chi connectivity index (χ3n) is 5.64. The number of thiophene rings is 1. The van der Waals surface area contributed by atoms with Crippen molar-refractivity contribution in [2.24, 2.45) is 0 Å². The van der Waals surface area contributed by atoms with Crippen LogP contribution in [-0.2, 0) is 29.0 Å². The van der Waals surface area contributed by atoms with Crippen molar-refractivity contribution >= 4 is 34.1 Å². The maximum Gasteiger partial charge on any atom is 0.245 e. The van der Waals surface area contributed by atoms with Crippen molar-refractivity contribution < 1.29 is 14.0 Å². The van der Waals surface area contributed by atoms with Gasteiger partial charge in [-0.3, -0.25) is 9.59 Å². The first-order valence-corrected chi connectivity index (χ1v) is 11.0. The summed E-state index contributed by atoms with van der Waals surface area (Å²) in [6.45, 7) is 3.21. The lowest BCUT2D eigenvalue weighted by atomic mass is 10.1. The van der Waals surface area contributed by atoms with E-state index in [1.54, 1.807) is 21.1 Å². The van der Waals surface area contributed by atoms with Gasteiger partial charge in [-0.25, -0.2) is 0 Å². The third kappa shape index (κ3) is 3.94. The molecule has 0 radical (unpaired) electrons. The van der Waals surface area contributed by atoms with E-state index in [9.17, 15) is 9.59 Å². The Kier molecular flexibility index (Phi) is 5.72. The van der Waals surface area contributed by atoms with Crippen LogP contribution in [0.3, 0.4) is 0 Å². The molecule has 1 fully saturated rings. The van der Waals surface area contributed by atoms with E-state index in [0.29, 0.717) is 19.5 Å². The zero-order valence-corrected chi connectivity index (χ0v) is 17.7. The standard InChI is InChI=1S/C23H26N2O3S/c1-3-20-18(17-9-4-5-11-21(17)28-20)15-24(2)23(27)19-10-6-12-25(19)22(26)14-16-8-7-13-29-16/h4-5,7-9,11,13,19H,3,6,10,12,14-15H2,1-2H3. The van der Waals surface area contributed by atoms with Crippen LogP contribution in [0.2, 0.25) is 0 Å². The molecule has 2 aromatic heterocycles. The molecule has 4 rings (SSSR count). The lowest BCUT2D eigenvalue weighted by Gasteiger charge is -2.28. The van der Waals surface area contributed by atoms with Crippen molar-refractivity contribution in [3.63, 3.8) is 0 Å². The largest absolute Gasteiger partial charge is 0.461 e. The second-order valence-corrected chi connectivity index (χ2v) is 8.58. The zero-order chi connectivity index (χ0) is 20.4. The van der Waals surface area contributed by atoms with Gasteiger partial charge in [-0.2, -0.15) is 0 Å². The molecule has 0 spiro atoms. The van der Waals surface area contributed by atoms with Crippen LogP contribution in [0.1, 0.15) is 36.0 Å². The van der Waals surface area contributed by atoms with Gasteiger partial charge in [0.05, 0.1) is 6.42 Å². The number of carbonyl (C=O) groups excluding carboxylic acids is 2. The molecule has 3 heterocycles. The van der Waals surface area contributed by atoms with Crippen LogP contribution in [-0.4, -0.2) is 41.2 Å². The number of furan rings is 1. The molecule has 0 saturated carbocycles. The summed E-state index contributed by atoms with van der Waals surface area (Å²) in [7, 11) is 1.82. The van der Waals surface area contributed by atoms with Crippen LogP contribution in [0.15, 0.2) is 46.2 Å². The molecule has 1 aliphatic heterocycles. The number of hydrogen-bond donors (Lipinski definition) is 0. The molecule has 1 unspecified atom stereocenters. The fourth-order valence-electron chi connectivity index (χ4n) is 4.16. The number of likely N-dealkylation sites (tertiary alicyclic amines) is 1. The van der Waals surface area contributed by atoms with Crippen LogP contribution in [0.25, 0.3) is 11.0 Å². The van der Waals surface area contributed by atoms with Gasteiger partial charge in [0, 0.05) is 42.4 Å². The molecule has 0 bridgehead atoms. The highest BCUT2D eigenvalue weighted by Gasteiger charge is 2.36. The maximum absolute atomic E-state index is 13.2. The Morgan fingerprint density at radius 1 is 1.24 bits per heavy atom. The number of fused-ring (bicyclic) bond motifs is 1. The van der Waals surface area contributed by atoms with Crippen LogP contribution in [0, 0.1) is 0 Å². The van der Waals surface area contributed by atoms with Gasteiger partial charge >= 0.3 is 0 Å². The first-order valence-electron chi connectivity index (χ1n) is 10.1. The summed E-state index contributed by atoms with van der Waals surface area (Å²) in [5, 5.41) is 3.03. The number of likely N-dealkylation sites (N-methyl/N-ethyl adjacent to an activating group) is 1. The Balaban J connectivity index is 1.49. The number of amides is 2. The second-order valence-electron chi connectivity index (χ2n) is 7.55. The van der Waals surface area contributed by atoms with E-state index >= 15 is 0 Å². The number of para-hydroxylation sites is 1. The van der Waals surface area contributed by atoms with E-state index in [-0.39, 0.29) is 17.9 Å². The van der Waals surface area contributed by atoms with E-state index in [0.717, 1.165) is 46.4 Å². The summed E-state index contributed by atoms with van der Waals surface area (Å²) in [4.78, 5) is 30.6. The summed E-state index contributed by atoms with van der Waals surface area (Å²) in [6, 6.07) is 11.5. The monoisotopic (exact) mass is 410 g/mol. The predicted molar refractivity (Wildman–Crippen MR) is 115 cm³/mol. The highest BCUT2D eigenvalue weighted by Crippen LogP contribution is 2.28. The molecule has 6 heteroatoms. The molecule has 0 aliphatic carbocycles. The minimum atomic E-state index is -0.365. The zero-order valence-electron chi connectivity index (χ0n) is 16.9. The van der Waals surface area contributed by atoms with E-state index in [2.05, 4.69) is 6.92 Å². The first-order chi connectivity index (χ1) is 14.1. The van der Waals surface area contributed by atoms with Gasteiger partial charge in [-0.1, -0.05) is 31.2 Å². The van der Waals surface area contributed by atoms with Crippen molar-refractivity contribution in [3.05, 3.63) is 58.0 Å². The molecule has 1 aliphatic rings. The minimum absolute atomic E-state index is 0.00867. The number of aryl methyl sites for hydroxylation is 1. The maximum atomic E-state index is 13.2. The van der Waals surface area contributed by atoms with E-state index in [1.165, 1.54) is 0 Å². The van der Waals surface area contributed by atoms with E-state index in [1.807, 2.05) is 48.8 Å². The van der Waals surface area contributed by atoms with Crippen LogP contribution in [0.4, 0.5) is 0 Å². The first kappa shape index (κ1) is 19.7. The molecule has 29 heavy (non-hydrogen) atoms. The molecule has 5 nitrogen and oxygen atoms in total. The molecular weight excluding hydrogens is 384 g/mol. The summed E-state index contributed by atoms with van der Waals surface area (Å²) in [6.07, 6.45) is 2.75. The SMILES string of the molecule is CCc1oc2ccccc2c1CN(C)C(=O)C1CCCN1C(=O)Cc1cccs1. The van der Waals surface area contributed by atoms with Gasteiger partial charge in [-0.15, -0.1) is 11.3 Å². The minimum Gasteiger partial charge on any atom is -0.461 e. The molecule has 1 aromatic carbocycles. The lowest BCUT2D eigenvalue weighted by Crippen LogP contribution is -2.46. The van der Waals surface area contributed by atoms with Crippen molar-refractivity contribution in [3.8, 4) is 0 Å². The topological polar surface area (TPSA) is 53.8 Å². The summed E-state index contributed by atoms with van der Waals surface area (Å²) >= 11 is 1.58. The fourth-order valence-corrected chi connectivity index (χ4v) is 4.86. The molecule has 152 valence electrons. The van der Waals surface area contributed by atoms with Crippen molar-refractivity contribution in [2.75, 3.05) is 13.6 Å². The Morgan fingerprint density at radius 3 is 2.83 bits per heavy atom. The van der Waals surface area contributed by atoms with Crippen molar-refractivity contribution in [1.29, 1.82) is 0 Å². The number of nitrogens with zero attached hydrogens (tertiary/aromatic N) is 2. The van der Waals surface area contributed by atoms with Crippen LogP contribution < -0.4 is 0 Å². The van der Waals surface area contributed by atoms with Gasteiger partial charge in [-0.05, 0) is 30.4 Å². The summed E-state index contributed by atoms with van der Waals surface area (Å²) in [5.74, 6) is 0.969. The Hall–Kier alpha value is -2.60. The highest BCUT2D eigenvalue weighted by molar-refractivity contribution is 7.10. The highest BCUT2D eigenvalue weighted by atomic mass is 32.1. The number of rotatable bonds is 6. The molecule has 3 aromatic rings. The molecular formula is C23H26N2O3S. The van der Waals surface area contributed by atoms with Gasteiger partial charge in [0.1, 0.15) is 17.4 Å². The summed E-state index contributed by atoms with van der Waals surface area (Å²) < 4.78 is 5.97. The Labute approximate surface area is 174 Å². The fraction of sp³-hybridized carbons (Fsp3) is 0.391. The average molecular weight is 411 g/mol. The van der Waals surface area contributed by atoms with Crippen LogP contribution >= 0.6 is 11.3 Å². The molecule has 0 N–H and O–H groups in total. The van der Waals surface area contributed by atoms with Gasteiger partial charge in [0.25, 0.3) is 0 Å². The van der Waals surface area contributed by atoms with Crippen LogP contribution in [0.5, 0.6) is 0 Å². The normalized spacial score (nSPS) is 16.5. The summed E-state index contributed by atoms with van der Waals surface area (Å²) in [5.41, 5.74) is 1.92. The number of benzene rings is 1. The molecule has 1 saturated heterocycles. The number of carbonyl (C=O) groups is 2. The third-order valence-corrected chi connectivity index (χ3v) is 6.51. The average Bonchev–Trinajstić information content (AvgIpc) is 3.47. The smallest absolute Gasteiger partial charge is 0.245 e. The van der Waals surface area contributed by atoms with Crippen molar-refractivity contribution in [1.82, 2.24) is 9.80 Å².